The number of rotatable bonds is 1. The molecule has 0 aromatic carbocycles. The molecule has 0 saturated carbocycles. The van der Waals surface area contributed by atoms with E-state index in [0.29, 0.717) is 0 Å². The van der Waals surface area contributed by atoms with Gasteiger partial charge in [0.15, 0.2) is 0 Å². The van der Waals surface area contributed by atoms with Crippen molar-refractivity contribution in [2.45, 2.75) is 26.2 Å². The molecule has 1 heterocycles. The van der Waals surface area contributed by atoms with Gasteiger partial charge in [0.05, 0.1) is 11.4 Å². The first-order chi connectivity index (χ1) is 6.98. The maximum absolute atomic E-state index is 4.55. The van der Waals surface area contributed by atoms with Crippen molar-refractivity contribution in [1.82, 2.24) is 9.78 Å². The van der Waals surface area contributed by atoms with E-state index in [1.54, 1.807) is 0 Å². The average Bonchev–Trinajstić information content (AvgIpc) is 2.69. The highest BCUT2D eigenvalue weighted by atomic mass is 15.3. The van der Waals surface area contributed by atoms with E-state index in [-0.39, 0.29) is 5.41 Å². The van der Waals surface area contributed by atoms with E-state index in [9.17, 15) is 0 Å². The topological polar surface area (TPSA) is 17.8 Å². The minimum absolute atomic E-state index is 0.114. The molecule has 0 amide bonds. The van der Waals surface area contributed by atoms with E-state index in [2.05, 4.69) is 56.6 Å². The highest BCUT2D eigenvalue weighted by molar-refractivity contribution is 5.76. The van der Waals surface area contributed by atoms with E-state index >= 15 is 0 Å². The van der Waals surface area contributed by atoms with Gasteiger partial charge in [0.2, 0.25) is 0 Å². The Morgan fingerprint density at radius 1 is 1.27 bits per heavy atom. The molecular formula is C13H17N2. The Kier molecular flexibility index (Phi) is 2.29. The van der Waals surface area contributed by atoms with E-state index in [4.69, 9.17) is 0 Å². The van der Waals surface area contributed by atoms with Crippen molar-refractivity contribution in [3.8, 4) is 0 Å². The first-order valence-corrected chi connectivity index (χ1v) is 5.25. The van der Waals surface area contributed by atoms with Crippen molar-refractivity contribution >= 4 is 5.57 Å². The van der Waals surface area contributed by atoms with Crippen LogP contribution in [0.1, 0.15) is 32.2 Å². The van der Waals surface area contributed by atoms with E-state index in [1.165, 1.54) is 11.3 Å². The predicted octanol–water partition coefficient (Wildman–Crippen LogP) is 2.88. The Bertz CT molecular complexity index is 428. The van der Waals surface area contributed by atoms with Crippen LogP contribution in [0.15, 0.2) is 24.3 Å². The van der Waals surface area contributed by atoms with Crippen LogP contribution in [0.2, 0.25) is 0 Å². The van der Waals surface area contributed by atoms with Crippen LogP contribution in [0.25, 0.3) is 5.57 Å². The lowest BCUT2D eigenvalue weighted by Gasteiger charge is -2.13. The van der Waals surface area contributed by atoms with Gasteiger partial charge in [-0.3, -0.25) is 4.68 Å². The molecule has 2 heteroatoms. The lowest BCUT2D eigenvalue weighted by atomic mass is 9.92. The summed E-state index contributed by atoms with van der Waals surface area (Å²) in [7, 11) is 2.00. The van der Waals surface area contributed by atoms with Gasteiger partial charge in [-0.25, -0.2) is 0 Å². The van der Waals surface area contributed by atoms with Gasteiger partial charge < -0.3 is 0 Å². The average molecular weight is 201 g/mol. The van der Waals surface area contributed by atoms with Crippen molar-refractivity contribution in [3.05, 3.63) is 42.1 Å². The van der Waals surface area contributed by atoms with Gasteiger partial charge in [-0.15, -0.1) is 0 Å². The van der Waals surface area contributed by atoms with Crippen LogP contribution >= 0.6 is 0 Å². The third kappa shape index (κ3) is 1.89. The summed E-state index contributed by atoms with van der Waals surface area (Å²) in [5.74, 6) is 0. The highest BCUT2D eigenvalue weighted by Crippen LogP contribution is 2.26. The van der Waals surface area contributed by atoms with E-state index in [1.807, 2.05) is 11.7 Å². The molecule has 1 aromatic rings. The van der Waals surface area contributed by atoms with Crippen molar-refractivity contribution in [2.24, 2.45) is 7.05 Å². The minimum atomic E-state index is 0.114. The van der Waals surface area contributed by atoms with Crippen LogP contribution in [0.5, 0.6) is 0 Å². The van der Waals surface area contributed by atoms with Gasteiger partial charge in [0.25, 0.3) is 0 Å². The summed E-state index contributed by atoms with van der Waals surface area (Å²) in [6.07, 6.45) is 8.34. The maximum atomic E-state index is 4.55. The summed E-state index contributed by atoms with van der Waals surface area (Å²) in [5.41, 5.74) is 3.68. The van der Waals surface area contributed by atoms with Crippen molar-refractivity contribution < 1.29 is 0 Å². The van der Waals surface area contributed by atoms with Crippen molar-refractivity contribution in [1.29, 1.82) is 0 Å². The second-order valence-corrected chi connectivity index (χ2v) is 4.96. The van der Waals surface area contributed by atoms with Crippen molar-refractivity contribution in [3.63, 3.8) is 0 Å². The van der Waals surface area contributed by atoms with Crippen LogP contribution in [0.3, 0.4) is 0 Å². The molecule has 79 valence electrons. The zero-order valence-corrected chi connectivity index (χ0v) is 9.78. The van der Waals surface area contributed by atoms with Crippen LogP contribution in [0, 0.1) is 6.42 Å². The summed E-state index contributed by atoms with van der Waals surface area (Å²) in [4.78, 5) is 0. The monoisotopic (exact) mass is 201 g/mol. The number of allylic oxidation sites excluding steroid dienone is 4. The third-order valence-electron chi connectivity index (χ3n) is 2.61. The molecule has 1 aliphatic carbocycles. The second kappa shape index (κ2) is 3.37. The molecule has 0 aliphatic heterocycles. The molecule has 0 spiro atoms. The zero-order chi connectivity index (χ0) is 11.1. The number of aromatic nitrogens is 2. The molecule has 1 aromatic heterocycles. The quantitative estimate of drug-likeness (QED) is 0.683. The first kappa shape index (κ1) is 10.2. The Balaban J connectivity index is 2.42. The van der Waals surface area contributed by atoms with E-state index in [0.717, 1.165) is 5.69 Å². The third-order valence-corrected chi connectivity index (χ3v) is 2.61. The highest BCUT2D eigenvalue weighted by Gasteiger charge is 2.19. The molecule has 0 atom stereocenters. The van der Waals surface area contributed by atoms with Gasteiger partial charge in [-0.1, -0.05) is 39.0 Å². The lowest BCUT2D eigenvalue weighted by molar-refractivity contribution is 0.553. The number of aryl methyl sites for hydroxylation is 1. The summed E-state index contributed by atoms with van der Waals surface area (Å²) in [6.45, 7) is 6.55. The molecule has 2 nitrogen and oxygen atoms in total. The Morgan fingerprint density at radius 2 is 2.00 bits per heavy atom. The standard InChI is InChI=1S/C13H17N2/c1-13(2,3)12-9-11(15(4)14-12)10-7-5-6-8-10/h5-9H,1-4H3. The van der Waals surface area contributed by atoms with Crippen LogP contribution < -0.4 is 0 Å². The summed E-state index contributed by atoms with van der Waals surface area (Å²) >= 11 is 0. The number of hydrogen-bond donors (Lipinski definition) is 0. The molecule has 0 saturated heterocycles. The summed E-state index contributed by atoms with van der Waals surface area (Å²) < 4.78 is 1.95. The molecule has 2 rings (SSSR count). The molecule has 0 fully saturated rings. The van der Waals surface area contributed by atoms with Gasteiger partial charge in [-0.05, 0) is 11.6 Å². The Hall–Kier alpha value is -1.31. The Morgan fingerprint density at radius 3 is 2.47 bits per heavy atom. The molecule has 1 aliphatic rings. The SMILES string of the molecule is Cn1nc(C(C)(C)C)cc1C1=C[CH]C=C1. The van der Waals surface area contributed by atoms with Gasteiger partial charge in [0.1, 0.15) is 0 Å². The molecule has 15 heavy (non-hydrogen) atoms. The smallest absolute Gasteiger partial charge is 0.0684 e. The van der Waals surface area contributed by atoms with Crippen LogP contribution in [-0.2, 0) is 12.5 Å². The Labute approximate surface area is 91.3 Å². The van der Waals surface area contributed by atoms with E-state index < -0.39 is 0 Å². The number of nitrogens with zero attached hydrogens (tertiary/aromatic N) is 2. The zero-order valence-electron chi connectivity index (χ0n) is 9.78. The predicted molar refractivity (Wildman–Crippen MR) is 63.3 cm³/mol. The molecular weight excluding hydrogens is 184 g/mol. The molecule has 0 bridgehead atoms. The first-order valence-electron chi connectivity index (χ1n) is 5.25. The maximum Gasteiger partial charge on any atom is 0.0684 e. The molecule has 0 N–H and O–H groups in total. The summed E-state index contributed by atoms with van der Waals surface area (Å²) in [6, 6.07) is 2.18. The van der Waals surface area contributed by atoms with Crippen LogP contribution in [-0.4, -0.2) is 9.78 Å². The van der Waals surface area contributed by atoms with Gasteiger partial charge in [0, 0.05) is 18.9 Å². The fourth-order valence-corrected chi connectivity index (χ4v) is 1.65. The van der Waals surface area contributed by atoms with Gasteiger partial charge in [-0.2, -0.15) is 5.10 Å². The lowest BCUT2D eigenvalue weighted by Crippen LogP contribution is -2.12. The van der Waals surface area contributed by atoms with Crippen LogP contribution in [0.4, 0.5) is 0 Å². The van der Waals surface area contributed by atoms with Crippen molar-refractivity contribution in [2.75, 3.05) is 0 Å². The fourth-order valence-electron chi connectivity index (χ4n) is 1.65. The number of hydrogen-bond acceptors (Lipinski definition) is 1. The molecule has 1 radical (unpaired) electrons. The largest absolute Gasteiger partial charge is 0.268 e. The second-order valence-electron chi connectivity index (χ2n) is 4.96. The minimum Gasteiger partial charge on any atom is -0.268 e. The van der Waals surface area contributed by atoms with Gasteiger partial charge >= 0.3 is 0 Å². The fraction of sp³-hybridized carbons (Fsp3) is 0.385. The normalized spacial score (nSPS) is 15.9. The summed E-state index contributed by atoms with van der Waals surface area (Å²) in [5, 5.41) is 4.55. The molecule has 0 unspecified atom stereocenters.